The Bertz CT molecular complexity index is 515. The van der Waals surface area contributed by atoms with Gasteiger partial charge in [0, 0.05) is 53.0 Å². The molecule has 0 unspecified atom stereocenters. The molecule has 0 aliphatic carbocycles. The molecule has 1 aliphatic rings. The number of carbonyl (C=O) groups is 2. The summed E-state index contributed by atoms with van der Waals surface area (Å²) in [5.41, 5.74) is 0. The molecule has 1 aliphatic heterocycles. The van der Waals surface area contributed by atoms with Crippen LogP contribution >= 0.6 is 0 Å². The Morgan fingerprint density at radius 1 is 1.26 bits per heavy atom. The number of rotatable bonds is 6. The molecule has 0 atom stereocenters. The lowest BCUT2D eigenvalue weighted by Crippen LogP contribution is -2.52. The third-order valence-corrected chi connectivity index (χ3v) is 3.94. The Balaban J connectivity index is 1.84. The van der Waals surface area contributed by atoms with Gasteiger partial charge in [0.15, 0.2) is 0 Å². The smallest absolute Gasteiger partial charge is 0.242 e. The maximum Gasteiger partial charge on any atom is 0.242 e. The minimum Gasteiger partial charge on any atom is -0.383 e. The van der Waals surface area contributed by atoms with Gasteiger partial charge in [-0.05, 0) is 12.1 Å². The zero-order valence-corrected chi connectivity index (χ0v) is 13.8. The predicted molar refractivity (Wildman–Crippen MR) is 87.2 cm³/mol. The Labute approximate surface area is 136 Å². The lowest BCUT2D eigenvalue weighted by Gasteiger charge is -2.36. The summed E-state index contributed by atoms with van der Waals surface area (Å²) in [6, 6.07) is 5.82. The van der Waals surface area contributed by atoms with Crippen LogP contribution in [0.4, 0.5) is 5.82 Å². The molecule has 1 aromatic heterocycles. The highest BCUT2D eigenvalue weighted by molar-refractivity contribution is 5.84. The van der Waals surface area contributed by atoms with Gasteiger partial charge in [-0.1, -0.05) is 6.07 Å². The summed E-state index contributed by atoms with van der Waals surface area (Å²) in [4.78, 5) is 33.8. The first-order valence-corrected chi connectivity index (χ1v) is 7.80. The lowest BCUT2D eigenvalue weighted by atomic mass is 10.3. The highest BCUT2D eigenvalue weighted by Gasteiger charge is 2.23. The number of aromatic nitrogens is 1. The highest BCUT2D eigenvalue weighted by Crippen LogP contribution is 2.12. The van der Waals surface area contributed by atoms with Gasteiger partial charge >= 0.3 is 0 Å². The number of piperazine rings is 1. The summed E-state index contributed by atoms with van der Waals surface area (Å²) in [7, 11) is 1.58. The normalized spacial score (nSPS) is 14.7. The second kappa shape index (κ2) is 8.47. The fourth-order valence-electron chi connectivity index (χ4n) is 2.54. The number of carbonyl (C=O) groups excluding carboxylic acids is 2. The summed E-state index contributed by atoms with van der Waals surface area (Å²) >= 11 is 0. The Morgan fingerprint density at radius 3 is 2.57 bits per heavy atom. The van der Waals surface area contributed by atoms with E-state index in [1.54, 1.807) is 13.3 Å². The van der Waals surface area contributed by atoms with Crippen molar-refractivity contribution in [2.45, 2.75) is 6.92 Å². The number of ether oxygens (including phenoxy) is 1. The predicted octanol–water partition coefficient (Wildman–Crippen LogP) is 0.225. The topological polar surface area (TPSA) is 66.0 Å². The molecule has 0 radical (unpaired) electrons. The van der Waals surface area contributed by atoms with Crippen molar-refractivity contribution in [3.8, 4) is 0 Å². The molecule has 0 saturated carbocycles. The molecule has 23 heavy (non-hydrogen) atoms. The quantitative estimate of drug-likeness (QED) is 0.750. The Kier molecular flexibility index (Phi) is 6.34. The standard InChI is InChI=1S/C16H24N4O3/c1-14(21)20(11-12-23-2)13-16(22)19-9-7-18(8-10-19)15-5-3-4-6-17-15/h3-6H,7-13H2,1-2H3. The van der Waals surface area contributed by atoms with Crippen molar-refractivity contribution in [2.24, 2.45) is 0 Å². The number of hydrogen-bond donors (Lipinski definition) is 0. The third kappa shape index (κ3) is 4.92. The zero-order chi connectivity index (χ0) is 16.7. The SMILES string of the molecule is COCCN(CC(=O)N1CCN(c2ccccn2)CC1)C(C)=O. The first-order chi connectivity index (χ1) is 11.1. The second-order valence-electron chi connectivity index (χ2n) is 5.49. The largest absolute Gasteiger partial charge is 0.383 e. The van der Waals surface area contributed by atoms with Crippen LogP contribution in [0.2, 0.25) is 0 Å². The van der Waals surface area contributed by atoms with Crippen molar-refractivity contribution in [2.75, 3.05) is 57.9 Å². The zero-order valence-electron chi connectivity index (χ0n) is 13.8. The highest BCUT2D eigenvalue weighted by atomic mass is 16.5. The molecule has 2 heterocycles. The monoisotopic (exact) mass is 320 g/mol. The van der Waals surface area contributed by atoms with Crippen molar-refractivity contribution in [1.29, 1.82) is 0 Å². The van der Waals surface area contributed by atoms with Crippen LogP contribution in [0.5, 0.6) is 0 Å². The van der Waals surface area contributed by atoms with Crippen LogP contribution in [-0.2, 0) is 14.3 Å². The Morgan fingerprint density at radius 2 is 2.00 bits per heavy atom. The first kappa shape index (κ1) is 17.2. The summed E-state index contributed by atoms with van der Waals surface area (Å²) in [6.45, 7) is 5.24. The summed E-state index contributed by atoms with van der Waals surface area (Å²) < 4.78 is 4.98. The number of nitrogens with zero attached hydrogens (tertiary/aromatic N) is 4. The van der Waals surface area contributed by atoms with Crippen molar-refractivity contribution in [3.63, 3.8) is 0 Å². The number of hydrogen-bond acceptors (Lipinski definition) is 5. The van der Waals surface area contributed by atoms with E-state index < -0.39 is 0 Å². The van der Waals surface area contributed by atoms with E-state index in [4.69, 9.17) is 4.74 Å². The van der Waals surface area contributed by atoms with E-state index in [1.807, 2.05) is 23.1 Å². The summed E-state index contributed by atoms with van der Waals surface area (Å²) in [5, 5.41) is 0. The molecular formula is C16H24N4O3. The van der Waals surface area contributed by atoms with Gasteiger partial charge in [0.1, 0.15) is 5.82 Å². The van der Waals surface area contributed by atoms with E-state index in [1.165, 1.54) is 11.8 Å². The number of amides is 2. The van der Waals surface area contributed by atoms with Gasteiger partial charge in [-0.15, -0.1) is 0 Å². The third-order valence-electron chi connectivity index (χ3n) is 3.94. The van der Waals surface area contributed by atoms with Gasteiger partial charge in [-0.3, -0.25) is 9.59 Å². The van der Waals surface area contributed by atoms with Crippen molar-refractivity contribution in [3.05, 3.63) is 24.4 Å². The molecular weight excluding hydrogens is 296 g/mol. The van der Waals surface area contributed by atoms with E-state index in [9.17, 15) is 9.59 Å². The molecule has 7 heteroatoms. The molecule has 7 nitrogen and oxygen atoms in total. The lowest BCUT2D eigenvalue weighted by molar-refractivity contribution is -0.140. The van der Waals surface area contributed by atoms with Crippen LogP contribution in [0.3, 0.4) is 0 Å². The van der Waals surface area contributed by atoms with Crippen LogP contribution in [-0.4, -0.2) is 79.6 Å². The second-order valence-corrected chi connectivity index (χ2v) is 5.49. The van der Waals surface area contributed by atoms with Gasteiger partial charge < -0.3 is 19.4 Å². The van der Waals surface area contributed by atoms with Gasteiger partial charge in [-0.2, -0.15) is 0 Å². The van der Waals surface area contributed by atoms with Crippen molar-refractivity contribution >= 4 is 17.6 Å². The fraction of sp³-hybridized carbons (Fsp3) is 0.562. The number of methoxy groups -OCH3 is 1. The van der Waals surface area contributed by atoms with E-state index in [0.29, 0.717) is 26.2 Å². The first-order valence-electron chi connectivity index (χ1n) is 7.80. The summed E-state index contributed by atoms with van der Waals surface area (Å²) in [5.74, 6) is 0.810. The maximum absolute atomic E-state index is 12.4. The molecule has 1 aromatic rings. The van der Waals surface area contributed by atoms with Gasteiger partial charge in [0.05, 0.1) is 13.2 Å². The van der Waals surface area contributed by atoms with E-state index in [-0.39, 0.29) is 18.4 Å². The molecule has 1 saturated heterocycles. The Hall–Kier alpha value is -2.15. The van der Waals surface area contributed by atoms with Gasteiger partial charge in [0.25, 0.3) is 0 Å². The van der Waals surface area contributed by atoms with E-state index in [0.717, 1.165) is 18.9 Å². The van der Waals surface area contributed by atoms with Crippen LogP contribution in [0.25, 0.3) is 0 Å². The van der Waals surface area contributed by atoms with Crippen LogP contribution in [0, 0.1) is 0 Å². The van der Waals surface area contributed by atoms with Crippen molar-refractivity contribution < 1.29 is 14.3 Å². The average molecular weight is 320 g/mol. The van der Waals surface area contributed by atoms with Crippen LogP contribution < -0.4 is 4.90 Å². The molecule has 0 spiro atoms. The van der Waals surface area contributed by atoms with Gasteiger partial charge in [0.2, 0.25) is 11.8 Å². The minimum atomic E-state index is -0.109. The molecule has 1 fully saturated rings. The number of anilines is 1. The maximum atomic E-state index is 12.4. The van der Waals surface area contributed by atoms with Crippen LogP contribution in [0.15, 0.2) is 24.4 Å². The van der Waals surface area contributed by atoms with Crippen LogP contribution in [0.1, 0.15) is 6.92 Å². The molecule has 0 bridgehead atoms. The molecule has 2 rings (SSSR count). The minimum absolute atomic E-state index is 0.0167. The van der Waals surface area contributed by atoms with E-state index >= 15 is 0 Å². The number of pyridine rings is 1. The average Bonchev–Trinajstić information content (AvgIpc) is 2.59. The summed E-state index contributed by atoms with van der Waals surface area (Å²) in [6.07, 6.45) is 1.77. The van der Waals surface area contributed by atoms with Gasteiger partial charge in [-0.25, -0.2) is 4.98 Å². The molecule has 2 amide bonds. The molecule has 0 N–H and O–H groups in total. The fourth-order valence-corrected chi connectivity index (χ4v) is 2.54. The van der Waals surface area contributed by atoms with E-state index in [2.05, 4.69) is 9.88 Å². The molecule has 126 valence electrons. The molecule has 0 aromatic carbocycles. The van der Waals surface area contributed by atoms with Crippen molar-refractivity contribution in [1.82, 2.24) is 14.8 Å².